The number of rotatable bonds is 6. The van der Waals surface area contributed by atoms with Gasteiger partial charge in [-0.05, 0) is 38.0 Å². The Morgan fingerprint density at radius 2 is 1.96 bits per heavy atom. The Morgan fingerprint density at radius 1 is 1.26 bits per heavy atom. The number of hydrogen-bond donors (Lipinski definition) is 2. The van der Waals surface area contributed by atoms with Crippen LogP contribution in [-0.2, 0) is 15.7 Å². The summed E-state index contributed by atoms with van der Waals surface area (Å²) in [6.45, 7) is 3.35. The second-order valence-electron chi connectivity index (χ2n) is 6.28. The molecule has 1 fully saturated rings. The molecule has 6 nitrogen and oxygen atoms in total. The Kier molecular flexibility index (Phi) is 7.32. The molecule has 1 saturated heterocycles. The van der Waals surface area contributed by atoms with Gasteiger partial charge in [0.2, 0.25) is 5.91 Å². The van der Waals surface area contributed by atoms with Gasteiger partial charge in [-0.15, -0.1) is 0 Å². The van der Waals surface area contributed by atoms with Crippen molar-refractivity contribution in [3.8, 4) is 0 Å². The van der Waals surface area contributed by atoms with Crippen molar-refractivity contribution in [2.75, 3.05) is 31.6 Å². The van der Waals surface area contributed by atoms with Gasteiger partial charge in [0, 0.05) is 37.8 Å². The highest BCUT2D eigenvalue weighted by Crippen LogP contribution is 2.30. The molecule has 27 heavy (non-hydrogen) atoms. The molecule has 1 aliphatic heterocycles. The third-order valence-electron chi connectivity index (χ3n) is 4.26. The van der Waals surface area contributed by atoms with E-state index in [9.17, 15) is 22.8 Å². The van der Waals surface area contributed by atoms with Crippen LogP contribution in [-0.4, -0.2) is 49.2 Å². The summed E-state index contributed by atoms with van der Waals surface area (Å²) in [4.78, 5) is 25.2. The molecule has 1 heterocycles. The van der Waals surface area contributed by atoms with Crippen molar-refractivity contribution in [3.63, 3.8) is 0 Å². The molecule has 2 rings (SSSR count). The van der Waals surface area contributed by atoms with Crippen LogP contribution < -0.4 is 10.6 Å². The third-order valence-corrected chi connectivity index (χ3v) is 4.26. The highest BCUT2D eigenvalue weighted by Gasteiger charge is 2.30. The van der Waals surface area contributed by atoms with Crippen molar-refractivity contribution in [1.82, 2.24) is 10.2 Å². The van der Waals surface area contributed by atoms with Crippen molar-refractivity contribution in [2.24, 2.45) is 0 Å². The number of hydrogen-bond acceptors (Lipinski definition) is 4. The van der Waals surface area contributed by atoms with Crippen LogP contribution in [0.4, 0.5) is 23.7 Å². The summed E-state index contributed by atoms with van der Waals surface area (Å²) < 4.78 is 43.0. The van der Waals surface area contributed by atoms with E-state index in [2.05, 4.69) is 10.6 Å². The van der Waals surface area contributed by atoms with Crippen molar-refractivity contribution in [1.29, 1.82) is 0 Å². The molecular formula is C18H24F3N3O3. The van der Waals surface area contributed by atoms with E-state index in [0.29, 0.717) is 38.2 Å². The first-order valence-corrected chi connectivity index (χ1v) is 8.91. The van der Waals surface area contributed by atoms with Crippen LogP contribution in [0.15, 0.2) is 24.3 Å². The molecule has 9 heteroatoms. The highest BCUT2D eigenvalue weighted by molar-refractivity contribution is 5.77. The summed E-state index contributed by atoms with van der Waals surface area (Å²) in [6.07, 6.45) is -3.30. The van der Waals surface area contributed by atoms with Crippen molar-refractivity contribution in [3.05, 3.63) is 29.8 Å². The van der Waals surface area contributed by atoms with Crippen LogP contribution in [0.5, 0.6) is 0 Å². The Bertz CT molecular complexity index is 644. The van der Waals surface area contributed by atoms with E-state index in [1.807, 2.05) is 0 Å². The SMILES string of the molecule is CCOC(=O)N1CCC(NC(=O)CCNc2cccc(C(F)(F)F)c2)CC1. The van der Waals surface area contributed by atoms with Gasteiger partial charge in [-0.25, -0.2) is 4.79 Å². The van der Waals surface area contributed by atoms with Gasteiger partial charge in [0.1, 0.15) is 0 Å². The second-order valence-corrected chi connectivity index (χ2v) is 6.28. The molecule has 2 amide bonds. The van der Waals surface area contributed by atoms with E-state index in [0.717, 1.165) is 12.1 Å². The Morgan fingerprint density at radius 3 is 2.59 bits per heavy atom. The van der Waals surface area contributed by atoms with Crippen LogP contribution in [0, 0.1) is 0 Å². The number of nitrogens with zero attached hydrogens (tertiary/aromatic N) is 1. The molecule has 0 bridgehead atoms. The van der Waals surface area contributed by atoms with E-state index in [1.165, 1.54) is 12.1 Å². The average molecular weight is 387 g/mol. The summed E-state index contributed by atoms with van der Waals surface area (Å²) in [5.74, 6) is -0.177. The normalized spacial score (nSPS) is 15.3. The fourth-order valence-electron chi connectivity index (χ4n) is 2.85. The molecule has 0 atom stereocenters. The zero-order valence-corrected chi connectivity index (χ0v) is 15.1. The zero-order valence-electron chi connectivity index (χ0n) is 15.1. The number of carbonyl (C=O) groups is 2. The van der Waals surface area contributed by atoms with E-state index in [4.69, 9.17) is 4.74 Å². The van der Waals surface area contributed by atoms with Crippen LogP contribution in [0.2, 0.25) is 0 Å². The lowest BCUT2D eigenvalue weighted by atomic mass is 10.1. The molecule has 0 aliphatic carbocycles. The van der Waals surface area contributed by atoms with E-state index in [1.54, 1.807) is 11.8 Å². The number of ether oxygens (including phenoxy) is 1. The number of amides is 2. The molecular weight excluding hydrogens is 363 g/mol. The lowest BCUT2D eigenvalue weighted by molar-refractivity contribution is -0.137. The molecule has 2 N–H and O–H groups in total. The van der Waals surface area contributed by atoms with Gasteiger partial charge >= 0.3 is 12.3 Å². The summed E-state index contributed by atoms with van der Waals surface area (Å²) >= 11 is 0. The van der Waals surface area contributed by atoms with Crippen LogP contribution in [0.1, 0.15) is 31.7 Å². The molecule has 150 valence electrons. The smallest absolute Gasteiger partial charge is 0.416 e. The van der Waals surface area contributed by atoms with Crippen molar-refractivity contribution in [2.45, 2.75) is 38.4 Å². The van der Waals surface area contributed by atoms with Crippen LogP contribution >= 0.6 is 0 Å². The first-order chi connectivity index (χ1) is 12.8. The quantitative estimate of drug-likeness (QED) is 0.786. The number of halogens is 3. The topological polar surface area (TPSA) is 70.7 Å². The highest BCUT2D eigenvalue weighted by atomic mass is 19.4. The third kappa shape index (κ3) is 6.65. The zero-order chi connectivity index (χ0) is 19.9. The minimum absolute atomic E-state index is 0.0169. The molecule has 0 radical (unpaired) electrons. The number of likely N-dealkylation sites (tertiary alicyclic amines) is 1. The fraction of sp³-hybridized carbons (Fsp3) is 0.556. The van der Waals surface area contributed by atoms with Crippen LogP contribution in [0.25, 0.3) is 0 Å². The number of piperidine rings is 1. The maximum absolute atomic E-state index is 12.7. The van der Waals surface area contributed by atoms with Gasteiger partial charge in [-0.1, -0.05) is 6.07 Å². The summed E-state index contributed by atoms with van der Waals surface area (Å²) in [5, 5.41) is 5.73. The maximum atomic E-state index is 12.7. The summed E-state index contributed by atoms with van der Waals surface area (Å²) in [7, 11) is 0. The Balaban J connectivity index is 1.69. The minimum Gasteiger partial charge on any atom is -0.450 e. The molecule has 1 aliphatic rings. The number of anilines is 1. The fourth-order valence-corrected chi connectivity index (χ4v) is 2.85. The maximum Gasteiger partial charge on any atom is 0.416 e. The molecule has 1 aromatic rings. The lowest BCUT2D eigenvalue weighted by Gasteiger charge is -2.31. The number of benzene rings is 1. The monoisotopic (exact) mass is 387 g/mol. The molecule has 0 aromatic heterocycles. The first kappa shape index (κ1) is 20.9. The second kappa shape index (κ2) is 9.48. The molecule has 1 aromatic carbocycles. The van der Waals surface area contributed by atoms with Crippen LogP contribution in [0.3, 0.4) is 0 Å². The van der Waals surface area contributed by atoms with E-state index < -0.39 is 11.7 Å². The van der Waals surface area contributed by atoms with E-state index >= 15 is 0 Å². The standard InChI is InChI=1S/C18H24F3N3O3/c1-2-27-17(26)24-10-7-14(8-11-24)23-16(25)6-9-22-15-5-3-4-13(12-15)18(19,20)21/h3-5,12,14,22H,2,6-11H2,1H3,(H,23,25). The Hall–Kier alpha value is -2.45. The van der Waals surface area contributed by atoms with Gasteiger partial charge in [0.15, 0.2) is 0 Å². The van der Waals surface area contributed by atoms with Gasteiger partial charge in [-0.2, -0.15) is 13.2 Å². The van der Waals surface area contributed by atoms with Gasteiger partial charge < -0.3 is 20.3 Å². The predicted octanol–water partition coefficient (Wildman–Crippen LogP) is 3.24. The van der Waals surface area contributed by atoms with Gasteiger partial charge in [-0.3, -0.25) is 4.79 Å². The first-order valence-electron chi connectivity index (χ1n) is 8.91. The summed E-state index contributed by atoms with van der Waals surface area (Å²) in [5.41, 5.74) is -0.411. The van der Waals surface area contributed by atoms with Crippen molar-refractivity contribution < 1.29 is 27.5 Å². The Labute approximate surface area is 156 Å². The van der Waals surface area contributed by atoms with Gasteiger partial charge in [0.25, 0.3) is 0 Å². The summed E-state index contributed by atoms with van der Waals surface area (Å²) in [6, 6.07) is 4.85. The number of carbonyl (C=O) groups excluding carboxylic acids is 2. The largest absolute Gasteiger partial charge is 0.450 e. The van der Waals surface area contributed by atoms with Gasteiger partial charge in [0.05, 0.1) is 12.2 Å². The predicted molar refractivity (Wildman–Crippen MR) is 94.3 cm³/mol. The number of nitrogens with one attached hydrogen (secondary N) is 2. The van der Waals surface area contributed by atoms with Crippen molar-refractivity contribution >= 4 is 17.7 Å². The molecule has 0 unspecified atom stereocenters. The number of alkyl halides is 3. The minimum atomic E-state index is -4.40. The average Bonchev–Trinajstić information content (AvgIpc) is 2.62. The van der Waals surface area contributed by atoms with E-state index in [-0.39, 0.29) is 31.0 Å². The molecule has 0 spiro atoms. The lowest BCUT2D eigenvalue weighted by Crippen LogP contribution is -2.46. The molecule has 0 saturated carbocycles.